The number of nitrogens with zero attached hydrogens (tertiary/aromatic N) is 1. The van der Waals surface area contributed by atoms with Crippen molar-refractivity contribution in [1.82, 2.24) is 4.90 Å². The van der Waals surface area contributed by atoms with Crippen molar-refractivity contribution in [3.8, 4) is 5.75 Å². The number of ether oxygens (including phenoxy) is 2. The van der Waals surface area contributed by atoms with Crippen molar-refractivity contribution in [3.05, 3.63) is 59.9 Å². The molecular formula is C22H26FNO7S. The molecule has 0 aliphatic heterocycles. The van der Waals surface area contributed by atoms with E-state index in [9.17, 15) is 22.4 Å². The smallest absolute Gasteiger partial charge is 0.339 e. The van der Waals surface area contributed by atoms with Gasteiger partial charge in [-0.25, -0.2) is 4.39 Å². The third-order valence-corrected chi connectivity index (χ3v) is 5.61. The quantitative estimate of drug-likeness (QED) is 0.350. The second-order valence-corrected chi connectivity index (χ2v) is 8.30. The van der Waals surface area contributed by atoms with Crippen molar-refractivity contribution in [3.63, 3.8) is 0 Å². The van der Waals surface area contributed by atoms with Crippen molar-refractivity contribution in [2.24, 2.45) is 0 Å². The van der Waals surface area contributed by atoms with Gasteiger partial charge in [0.05, 0.1) is 19.6 Å². The molecule has 0 heterocycles. The van der Waals surface area contributed by atoms with Gasteiger partial charge in [0.25, 0.3) is 0 Å². The minimum atomic E-state index is -4.15. The summed E-state index contributed by atoms with van der Waals surface area (Å²) in [4.78, 5) is 25.5. The molecule has 0 spiro atoms. The van der Waals surface area contributed by atoms with Crippen LogP contribution in [-0.4, -0.2) is 52.1 Å². The molecule has 2 aromatic rings. The zero-order valence-corrected chi connectivity index (χ0v) is 18.8. The van der Waals surface area contributed by atoms with E-state index in [0.29, 0.717) is 12.2 Å². The summed E-state index contributed by atoms with van der Waals surface area (Å²) in [6.45, 7) is 2.68. The lowest BCUT2D eigenvalue weighted by atomic mass is 10.2. The number of carbonyl (C=O) groups is 2. The molecule has 0 aliphatic carbocycles. The largest absolute Gasteiger partial charge is 0.466 e. The summed E-state index contributed by atoms with van der Waals surface area (Å²) in [6, 6.07) is 10.6. The Labute approximate surface area is 187 Å². The number of amides is 1. The van der Waals surface area contributed by atoms with Crippen LogP contribution in [0.5, 0.6) is 5.75 Å². The van der Waals surface area contributed by atoms with Gasteiger partial charge < -0.3 is 18.6 Å². The van der Waals surface area contributed by atoms with Gasteiger partial charge in [-0.3, -0.25) is 9.59 Å². The average molecular weight is 468 g/mol. The van der Waals surface area contributed by atoms with Gasteiger partial charge in [-0.1, -0.05) is 12.1 Å². The van der Waals surface area contributed by atoms with E-state index in [-0.39, 0.29) is 49.1 Å². The fourth-order valence-corrected chi connectivity index (χ4v) is 3.71. The van der Waals surface area contributed by atoms with E-state index < -0.39 is 21.9 Å². The summed E-state index contributed by atoms with van der Waals surface area (Å²) in [5, 5.41) is 0. The van der Waals surface area contributed by atoms with Crippen molar-refractivity contribution in [1.29, 1.82) is 0 Å². The van der Waals surface area contributed by atoms with Crippen LogP contribution in [0.1, 0.15) is 25.3 Å². The Morgan fingerprint density at radius 3 is 2.44 bits per heavy atom. The first-order valence-electron chi connectivity index (χ1n) is 9.96. The molecule has 2 aromatic carbocycles. The molecule has 0 radical (unpaired) electrons. The first kappa shape index (κ1) is 25.3. The lowest BCUT2D eigenvalue weighted by Crippen LogP contribution is -2.33. The van der Waals surface area contributed by atoms with E-state index in [1.54, 1.807) is 19.1 Å². The van der Waals surface area contributed by atoms with E-state index in [4.69, 9.17) is 13.7 Å². The minimum Gasteiger partial charge on any atom is -0.466 e. The topological polar surface area (TPSA) is 99.2 Å². The Bertz CT molecular complexity index is 1010. The molecule has 0 N–H and O–H groups in total. The standard InChI is InChI=1S/C22H26FNO7S/c1-3-30-22(26)12-11-21(25)24(13-14-29-2)16-17-5-4-6-19(15-17)31-32(27,28)20-9-7-18(23)8-10-20/h4-10,15H,3,11-14,16H2,1-2H3. The fourth-order valence-electron chi connectivity index (χ4n) is 2.79. The third kappa shape index (κ3) is 7.93. The normalized spacial score (nSPS) is 11.1. The molecule has 0 saturated carbocycles. The molecule has 10 heteroatoms. The van der Waals surface area contributed by atoms with Gasteiger partial charge in [0.2, 0.25) is 5.91 Å². The second kappa shape index (κ2) is 12.2. The van der Waals surface area contributed by atoms with Gasteiger partial charge in [-0.2, -0.15) is 8.42 Å². The molecule has 2 rings (SSSR count). The predicted octanol–water partition coefficient (Wildman–Crippen LogP) is 2.91. The molecule has 0 unspecified atom stereocenters. The maximum atomic E-state index is 13.1. The van der Waals surface area contributed by atoms with Crippen LogP contribution in [0.2, 0.25) is 0 Å². The third-order valence-electron chi connectivity index (χ3n) is 4.35. The molecule has 0 bridgehead atoms. The van der Waals surface area contributed by atoms with Gasteiger partial charge in [-0.05, 0) is 48.9 Å². The van der Waals surface area contributed by atoms with Crippen LogP contribution >= 0.6 is 0 Å². The van der Waals surface area contributed by atoms with Gasteiger partial charge in [-0.15, -0.1) is 0 Å². The maximum Gasteiger partial charge on any atom is 0.339 e. The molecule has 0 aromatic heterocycles. The first-order valence-corrected chi connectivity index (χ1v) is 11.4. The van der Waals surface area contributed by atoms with Gasteiger partial charge in [0.1, 0.15) is 16.5 Å². The average Bonchev–Trinajstić information content (AvgIpc) is 2.75. The summed E-state index contributed by atoms with van der Waals surface area (Å²) < 4.78 is 53.0. The Kier molecular flexibility index (Phi) is 9.61. The van der Waals surface area contributed by atoms with Crippen LogP contribution in [-0.2, 0) is 35.7 Å². The molecule has 8 nitrogen and oxygen atoms in total. The molecule has 0 fully saturated rings. The van der Waals surface area contributed by atoms with E-state index in [1.807, 2.05) is 0 Å². The molecule has 0 aliphatic rings. The fraction of sp³-hybridized carbons (Fsp3) is 0.364. The van der Waals surface area contributed by atoms with Crippen molar-refractivity contribution in [2.75, 3.05) is 26.9 Å². The number of rotatable bonds is 12. The van der Waals surface area contributed by atoms with E-state index in [0.717, 1.165) is 24.3 Å². The van der Waals surface area contributed by atoms with E-state index in [2.05, 4.69) is 0 Å². The Hall–Kier alpha value is -2.98. The molecule has 1 amide bonds. The first-order chi connectivity index (χ1) is 15.2. The van der Waals surface area contributed by atoms with Crippen LogP contribution < -0.4 is 4.18 Å². The van der Waals surface area contributed by atoms with Crippen LogP contribution in [0.3, 0.4) is 0 Å². The molecule has 32 heavy (non-hydrogen) atoms. The number of esters is 1. The zero-order chi connectivity index (χ0) is 23.6. The highest BCUT2D eigenvalue weighted by Crippen LogP contribution is 2.21. The highest BCUT2D eigenvalue weighted by molar-refractivity contribution is 7.87. The zero-order valence-electron chi connectivity index (χ0n) is 18.0. The Morgan fingerprint density at radius 1 is 1.06 bits per heavy atom. The molecule has 174 valence electrons. The van der Waals surface area contributed by atoms with Crippen molar-refractivity contribution >= 4 is 22.0 Å². The van der Waals surface area contributed by atoms with E-state index in [1.165, 1.54) is 24.1 Å². The lowest BCUT2D eigenvalue weighted by Gasteiger charge is -2.22. The predicted molar refractivity (Wildman–Crippen MR) is 114 cm³/mol. The van der Waals surface area contributed by atoms with Gasteiger partial charge >= 0.3 is 16.1 Å². The number of hydrogen-bond acceptors (Lipinski definition) is 7. The second-order valence-electron chi connectivity index (χ2n) is 6.75. The number of methoxy groups -OCH3 is 1. The summed E-state index contributed by atoms with van der Waals surface area (Å²) >= 11 is 0. The number of hydrogen-bond donors (Lipinski definition) is 0. The van der Waals surface area contributed by atoms with Crippen LogP contribution in [0, 0.1) is 5.82 Å². The highest BCUT2D eigenvalue weighted by atomic mass is 32.2. The molecular weight excluding hydrogens is 441 g/mol. The number of carbonyl (C=O) groups excluding carboxylic acids is 2. The van der Waals surface area contributed by atoms with Gasteiger partial charge in [0, 0.05) is 26.6 Å². The highest BCUT2D eigenvalue weighted by Gasteiger charge is 2.19. The maximum absolute atomic E-state index is 13.1. The summed E-state index contributed by atoms with van der Waals surface area (Å²) in [5.41, 5.74) is 0.623. The Balaban J connectivity index is 2.10. The number of halogens is 1. The SMILES string of the molecule is CCOC(=O)CCC(=O)N(CCOC)Cc1cccc(OS(=O)(=O)c2ccc(F)cc2)c1. The van der Waals surface area contributed by atoms with Crippen LogP contribution in [0.15, 0.2) is 53.4 Å². The molecule has 0 atom stereocenters. The summed E-state index contributed by atoms with van der Waals surface area (Å²) in [6.07, 6.45) is -0.0487. The van der Waals surface area contributed by atoms with Crippen LogP contribution in [0.4, 0.5) is 4.39 Å². The van der Waals surface area contributed by atoms with Crippen molar-refractivity contribution in [2.45, 2.75) is 31.2 Å². The van der Waals surface area contributed by atoms with Crippen molar-refractivity contribution < 1.29 is 36.1 Å². The molecule has 0 saturated heterocycles. The summed E-state index contributed by atoms with van der Waals surface area (Å²) in [7, 11) is -2.64. The van der Waals surface area contributed by atoms with E-state index >= 15 is 0 Å². The Morgan fingerprint density at radius 2 is 1.78 bits per heavy atom. The number of benzene rings is 2. The van der Waals surface area contributed by atoms with Gasteiger partial charge in [0.15, 0.2) is 0 Å². The lowest BCUT2D eigenvalue weighted by molar-refractivity contribution is -0.145. The monoisotopic (exact) mass is 467 g/mol. The van der Waals surface area contributed by atoms with Crippen LogP contribution in [0.25, 0.3) is 0 Å². The minimum absolute atomic E-state index is 0.0162. The summed E-state index contributed by atoms with van der Waals surface area (Å²) in [5.74, 6) is -1.22.